The second kappa shape index (κ2) is 9.99. The van der Waals surface area contributed by atoms with Gasteiger partial charge in [-0.1, -0.05) is 18.7 Å². The number of nitrogens with zero attached hydrogens (tertiary/aromatic N) is 3. The Morgan fingerprint density at radius 1 is 1.16 bits per heavy atom. The molecule has 4 aromatic rings. The van der Waals surface area contributed by atoms with E-state index in [4.69, 9.17) is 14.9 Å². The average molecular weight is 526 g/mol. The van der Waals surface area contributed by atoms with Gasteiger partial charge in [-0.25, -0.2) is 9.97 Å². The van der Waals surface area contributed by atoms with Gasteiger partial charge in [-0.2, -0.15) is 13.2 Å². The topological polar surface area (TPSA) is 110 Å². The molecule has 0 aliphatic carbocycles. The number of nitrogens with two attached hydrogens (primary N) is 1. The molecule has 2 aromatic heterocycles. The first-order chi connectivity index (χ1) is 18.2. The fourth-order valence-electron chi connectivity index (χ4n) is 4.33. The summed E-state index contributed by atoms with van der Waals surface area (Å²) < 4.78 is 51.0. The number of aliphatic hydroxyl groups is 1. The summed E-state index contributed by atoms with van der Waals surface area (Å²) in [6, 6.07) is 13.4. The number of hydrogen-bond donors (Lipinski definition) is 3. The van der Waals surface area contributed by atoms with Crippen molar-refractivity contribution in [2.45, 2.75) is 25.4 Å². The molecule has 8 nitrogen and oxygen atoms in total. The summed E-state index contributed by atoms with van der Waals surface area (Å²) in [6.45, 7) is 5.86. The van der Waals surface area contributed by atoms with Crippen LogP contribution in [-0.2, 0) is 19.3 Å². The summed E-state index contributed by atoms with van der Waals surface area (Å²) in [4.78, 5) is 10.5. The van der Waals surface area contributed by atoms with Gasteiger partial charge >= 0.3 is 6.18 Å². The van der Waals surface area contributed by atoms with Crippen LogP contribution in [0.4, 0.5) is 18.9 Å². The zero-order chi connectivity index (χ0) is 27.0. The highest BCUT2D eigenvalue weighted by Crippen LogP contribution is 2.37. The predicted octanol–water partition coefficient (Wildman–Crippen LogP) is 4.32. The molecule has 0 bridgehead atoms. The van der Waals surface area contributed by atoms with Gasteiger partial charge in [0.15, 0.2) is 0 Å². The lowest BCUT2D eigenvalue weighted by molar-refractivity contribution is -0.140. The van der Waals surface area contributed by atoms with Crippen molar-refractivity contribution in [1.82, 2.24) is 15.3 Å². The van der Waals surface area contributed by atoms with E-state index in [0.717, 1.165) is 17.3 Å². The highest BCUT2D eigenvalue weighted by Gasteiger charge is 2.33. The number of β-amino-alcohol motifs (C(OH)–C–C–N with tert-alkyl or cyclic N) is 1. The van der Waals surface area contributed by atoms with Crippen LogP contribution in [0, 0.1) is 0 Å². The van der Waals surface area contributed by atoms with E-state index in [1.54, 1.807) is 6.07 Å². The molecule has 198 valence electrons. The summed E-state index contributed by atoms with van der Waals surface area (Å²) in [5, 5.41) is 13.1. The van der Waals surface area contributed by atoms with Crippen LogP contribution in [0.1, 0.15) is 22.7 Å². The fourth-order valence-corrected chi connectivity index (χ4v) is 4.33. The number of aliphatic hydroxyl groups excluding tert-OH is 1. The Morgan fingerprint density at radius 3 is 2.53 bits per heavy atom. The molecule has 11 heteroatoms. The first kappa shape index (κ1) is 25.6. The molecule has 3 heterocycles. The molecule has 1 fully saturated rings. The lowest BCUT2D eigenvalue weighted by atomic mass is 10.1. The lowest BCUT2D eigenvalue weighted by Gasteiger charge is -2.37. The Balaban J connectivity index is 1.39. The van der Waals surface area contributed by atoms with Gasteiger partial charge in [-0.15, -0.1) is 0 Å². The second-order valence-corrected chi connectivity index (χ2v) is 8.96. The number of halogens is 3. The molecule has 0 amide bonds. The van der Waals surface area contributed by atoms with Crippen LogP contribution in [0.15, 0.2) is 59.5 Å². The van der Waals surface area contributed by atoms with Crippen LogP contribution < -0.4 is 20.7 Å². The third kappa shape index (κ3) is 4.90. The molecular weight excluding hydrogens is 499 g/mol. The quantitative estimate of drug-likeness (QED) is 0.312. The average Bonchev–Trinajstić information content (AvgIpc) is 3.33. The minimum atomic E-state index is -4.60. The number of anilines is 1. The van der Waals surface area contributed by atoms with E-state index in [1.165, 1.54) is 19.2 Å². The molecule has 1 aliphatic rings. The number of pyridine rings is 1. The van der Waals surface area contributed by atoms with Crippen LogP contribution in [0.3, 0.4) is 0 Å². The molecule has 4 N–H and O–H groups in total. The number of alkyl halides is 3. The largest absolute Gasteiger partial charge is 0.494 e. The van der Waals surface area contributed by atoms with Crippen molar-refractivity contribution in [3.05, 3.63) is 77.8 Å². The third-order valence-corrected chi connectivity index (χ3v) is 6.40. The molecule has 1 aliphatic heterocycles. The molecule has 38 heavy (non-hydrogen) atoms. The monoisotopic (exact) mass is 525 g/mol. The number of oxazole rings is 1. The van der Waals surface area contributed by atoms with Crippen molar-refractivity contribution in [2.24, 2.45) is 5.73 Å². The zero-order valence-electron chi connectivity index (χ0n) is 20.5. The predicted molar refractivity (Wildman–Crippen MR) is 137 cm³/mol. The van der Waals surface area contributed by atoms with Crippen LogP contribution in [0.5, 0.6) is 5.75 Å². The maximum atomic E-state index is 13.3. The van der Waals surface area contributed by atoms with Gasteiger partial charge in [-0.05, 0) is 42.0 Å². The molecule has 0 saturated carbocycles. The van der Waals surface area contributed by atoms with E-state index in [1.807, 2.05) is 24.3 Å². The van der Waals surface area contributed by atoms with E-state index in [0.29, 0.717) is 47.7 Å². The van der Waals surface area contributed by atoms with Crippen LogP contribution in [0.25, 0.3) is 28.1 Å². The van der Waals surface area contributed by atoms with Crippen LogP contribution in [0.2, 0.25) is 0 Å². The number of nitrogens with one attached hydrogen (secondary N) is 1. The maximum Gasteiger partial charge on any atom is 0.433 e. The van der Waals surface area contributed by atoms with E-state index < -0.39 is 11.9 Å². The van der Waals surface area contributed by atoms with E-state index in [2.05, 4.69) is 26.8 Å². The number of hydrogen-bond acceptors (Lipinski definition) is 8. The number of benzene rings is 2. The van der Waals surface area contributed by atoms with Crippen molar-refractivity contribution < 1.29 is 27.4 Å². The molecule has 0 radical (unpaired) electrons. The first-order valence-electron chi connectivity index (χ1n) is 11.9. The Labute approximate surface area is 216 Å². The Morgan fingerprint density at radius 2 is 1.89 bits per heavy atom. The van der Waals surface area contributed by atoms with Crippen molar-refractivity contribution in [1.29, 1.82) is 0 Å². The molecule has 0 unspecified atom stereocenters. The van der Waals surface area contributed by atoms with Gasteiger partial charge in [0.25, 0.3) is 0 Å². The van der Waals surface area contributed by atoms with Gasteiger partial charge in [0.2, 0.25) is 5.89 Å². The Bertz CT molecular complexity index is 1480. The lowest BCUT2D eigenvalue weighted by Crippen LogP contribution is -2.50. The number of rotatable bonds is 8. The highest BCUT2D eigenvalue weighted by molar-refractivity contribution is 5.96. The third-order valence-electron chi connectivity index (χ3n) is 6.40. The summed E-state index contributed by atoms with van der Waals surface area (Å²) in [7, 11) is 1.37. The number of ether oxygens (including phenoxy) is 1. The summed E-state index contributed by atoms with van der Waals surface area (Å²) in [5.41, 5.74) is 8.35. The first-order valence-corrected chi connectivity index (χ1v) is 11.9. The summed E-state index contributed by atoms with van der Waals surface area (Å²) in [6.07, 6.45) is -4.87. The van der Waals surface area contributed by atoms with E-state index in [9.17, 15) is 18.3 Å². The van der Waals surface area contributed by atoms with Gasteiger partial charge in [0.1, 0.15) is 28.4 Å². The SMILES string of the molecule is C=C(NCc1ccc(N2CC(O)C2)cc1)c1nc(-c2ccc(OC)c3nc(C(F)(F)F)ccc23)oc1CN. The van der Waals surface area contributed by atoms with Gasteiger partial charge in [0.05, 0.1) is 25.5 Å². The minimum Gasteiger partial charge on any atom is -0.494 e. The van der Waals surface area contributed by atoms with Crippen molar-refractivity contribution >= 4 is 22.3 Å². The van der Waals surface area contributed by atoms with Gasteiger partial charge < -0.3 is 30.2 Å². The molecular formula is C27H26F3N5O3. The standard InChI is InChI=1S/C27H26F3N5O3/c1-15(32-12-16-3-5-17(6-4-16)35-13-18(36)14-35)24-22(11-31)38-26(34-24)20-7-9-21(37-2)25-19(20)8-10-23(33-25)27(28,29)30/h3-10,18,32,36H,1,11-14,31H2,2H3. The Hall–Kier alpha value is -4.09. The summed E-state index contributed by atoms with van der Waals surface area (Å²) >= 11 is 0. The second-order valence-electron chi connectivity index (χ2n) is 8.96. The van der Waals surface area contributed by atoms with Crippen molar-refractivity contribution in [3.63, 3.8) is 0 Å². The number of fused-ring (bicyclic) bond motifs is 1. The normalized spacial score (nSPS) is 14.0. The highest BCUT2D eigenvalue weighted by atomic mass is 19.4. The maximum absolute atomic E-state index is 13.3. The molecule has 0 atom stereocenters. The number of aromatic nitrogens is 2. The van der Waals surface area contributed by atoms with Gasteiger partial charge in [0, 0.05) is 36.3 Å². The van der Waals surface area contributed by atoms with Gasteiger partial charge in [-0.3, -0.25) is 0 Å². The minimum absolute atomic E-state index is 0.0435. The Kier molecular flexibility index (Phi) is 6.72. The fraction of sp³-hybridized carbons (Fsp3) is 0.259. The summed E-state index contributed by atoms with van der Waals surface area (Å²) in [5.74, 6) is 0.759. The molecule has 0 spiro atoms. The van der Waals surface area contributed by atoms with Crippen LogP contribution in [-0.4, -0.2) is 41.4 Å². The molecule has 2 aromatic carbocycles. The van der Waals surface area contributed by atoms with Crippen molar-refractivity contribution in [3.8, 4) is 17.2 Å². The number of methoxy groups -OCH3 is 1. The zero-order valence-corrected chi connectivity index (χ0v) is 20.5. The van der Waals surface area contributed by atoms with Crippen molar-refractivity contribution in [2.75, 3.05) is 25.1 Å². The van der Waals surface area contributed by atoms with Crippen LogP contribution >= 0.6 is 0 Å². The smallest absolute Gasteiger partial charge is 0.433 e. The van der Waals surface area contributed by atoms with E-state index >= 15 is 0 Å². The molecule has 1 saturated heterocycles. The van der Waals surface area contributed by atoms with E-state index in [-0.39, 0.29) is 29.8 Å². The molecule has 5 rings (SSSR count).